The van der Waals surface area contributed by atoms with E-state index >= 15 is 0 Å². The lowest BCUT2D eigenvalue weighted by Crippen LogP contribution is -2.03. The van der Waals surface area contributed by atoms with Crippen molar-refractivity contribution in [3.8, 4) is 5.75 Å². The molecule has 0 radical (unpaired) electrons. The highest BCUT2D eigenvalue weighted by Gasteiger charge is 2.09. The van der Waals surface area contributed by atoms with Gasteiger partial charge in [-0.1, -0.05) is 18.5 Å². The molecule has 0 aliphatic rings. The first kappa shape index (κ1) is 13.4. The summed E-state index contributed by atoms with van der Waals surface area (Å²) < 4.78 is 5.07. The van der Waals surface area contributed by atoms with Gasteiger partial charge >= 0.3 is 0 Å². The van der Waals surface area contributed by atoms with Gasteiger partial charge in [-0.25, -0.2) is 0 Å². The monoisotopic (exact) mass is 258 g/mol. The number of halogens is 1. The Morgan fingerprint density at radius 2 is 2.25 bits per heavy atom. The molecule has 1 aromatic carbocycles. The van der Waals surface area contributed by atoms with Gasteiger partial charge in [0.25, 0.3) is 0 Å². The summed E-state index contributed by atoms with van der Waals surface area (Å²) in [7, 11) is 1.54. The van der Waals surface area contributed by atoms with E-state index in [1.807, 2.05) is 0 Å². The Balaban J connectivity index is 2.68. The summed E-state index contributed by atoms with van der Waals surface area (Å²) in [6.45, 7) is 2.10. The minimum absolute atomic E-state index is 0.119. The molecule has 0 saturated carbocycles. The van der Waals surface area contributed by atoms with Crippen LogP contribution < -0.4 is 4.74 Å². The number of benzene rings is 1. The number of methoxy groups -OCH3 is 1. The first-order chi connectivity index (χ1) is 7.69. The van der Waals surface area contributed by atoms with Crippen LogP contribution in [0, 0.1) is 0 Å². The molecule has 16 heavy (non-hydrogen) atoms. The minimum Gasteiger partial charge on any atom is -0.495 e. The first-order valence-electron chi connectivity index (χ1n) is 5.13. The number of hydrogen-bond acceptors (Lipinski definition) is 3. The van der Waals surface area contributed by atoms with Crippen LogP contribution in [0.2, 0.25) is 5.02 Å². The Morgan fingerprint density at radius 1 is 1.50 bits per heavy atom. The van der Waals surface area contributed by atoms with Gasteiger partial charge in [0.2, 0.25) is 0 Å². The van der Waals surface area contributed by atoms with Crippen LogP contribution in [0.5, 0.6) is 5.75 Å². The average molecular weight is 259 g/mol. The van der Waals surface area contributed by atoms with E-state index in [1.54, 1.807) is 37.1 Å². The fraction of sp³-hybridized carbons (Fsp3) is 0.417. The van der Waals surface area contributed by atoms with Crippen molar-refractivity contribution in [2.24, 2.45) is 0 Å². The van der Waals surface area contributed by atoms with E-state index in [4.69, 9.17) is 16.3 Å². The lowest BCUT2D eigenvalue weighted by Gasteiger charge is -2.05. The number of thioether (sulfide) groups is 1. The number of carbonyl (C=O) groups is 1. The van der Waals surface area contributed by atoms with E-state index in [0.717, 1.165) is 12.2 Å². The van der Waals surface area contributed by atoms with Crippen molar-refractivity contribution in [1.82, 2.24) is 0 Å². The van der Waals surface area contributed by atoms with Gasteiger partial charge in [0.15, 0.2) is 5.78 Å². The number of ketones is 1. The second-order valence-electron chi connectivity index (χ2n) is 3.33. The van der Waals surface area contributed by atoms with Gasteiger partial charge < -0.3 is 4.74 Å². The molecule has 0 heterocycles. The van der Waals surface area contributed by atoms with E-state index in [0.29, 0.717) is 22.1 Å². The quantitative estimate of drug-likeness (QED) is 0.575. The Bertz CT molecular complexity index is 366. The zero-order valence-electron chi connectivity index (χ0n) is 9.46. The summed E-state index contributed by atoms with van der Waals surface area (Å²) in [6.07, 6.45) is 1.09. The molecular formula is C12H15ClO2S. The average Bonchev–Trinajstić information content (AvgIpc) is 2.30. The summed E-state index contributed by atoms with van der Waals surface area (Å²) in [5.74, 6) is 2.19. The lowest BCUT2D eigenvalue weighted by molar-refractivity contribution is 0.102. The highest BCUT2D eigenvalue weighted by Crippen LogP contribution is 2.25. The predicted octanol–water partition coefficient (Wildman–Crippen LogP) is 3.67. The van der Waals surface area contributed by atoms with Crippen molar-refractivity contribution in [3.63, 3.8) is 0 Å². The molecule has 0 fully saturated rings. The van der Waals surface area contributed by atoms with Crippen molar-refractivity contribution in [2.75, 3.05) is 18.6 Å². The molecule has 0 aliphatic carbocycles. The normalized spacial score (nSPS) is 10.2. The molecule has 0 aromatic heterocycles. The van der Waals surface area contributed by atoms with E-state index in [-0.39, 0.29) is 5.78 Å². The molecule has 4 heteroatoms. The zero-order chi connectivity index (χ0) is 12.0. The van der Waals surface area contributed by atoms with Crippen molar-refractivity contribution in [2.45, 2.75) is 13.3 Å². The summed E-state index contributed by atoms with van der Waals surface area (Å²) in [4.78, 5) is 11.8. The largest absolute Gasteiger partial charge is 0.495 e. The smallest absolute Gasteiger partial charge is 0.172 e. The van der Waals surface area contributed by atoms with Crippen molar-refractivity contribution < 1.29 is 9.53 Å². The predicted molar refractivity (Wildman–Crippen MR) is 70.0 cm³/mol. The van der Waals surface area contributed by atoms with Gasteiger partial charge in [-0.3, -0.25) is 4.79 Å². The van der Waals surface area contributed by atoms with Crippen LogP contribution in [0.4, 0.5) is 0 Å². The molecule has 0 N–H and O–H groups in total. The molecule has 0 atom stereocenters. The van der Waals surface area contributed by atoms with Crippen LogP contribution >= 0.6 is 23.4 Å². The Labute approximate surface area is 105 Å². The van der Waals surface area contributed by atoms with Gasteiger partial charge in [0, 0.05) is 5.56 Å². The van der Waals surface area contributed by atoms with Crippen LogP contribution in [0.3, 0.4) is 0 Å². The molecule has 1 rings (SSSR count). The Kier molecular flexibility index (Phi) is 5.71. The maximum atomic E-state index is 11.8. The van der Waals surface area contributed by atoms with E-state index in [1.165, 1.54) is 0 Å². The molecule has 88 valence electrons. The summed E-state index contributed by atoms with van der Waals surface area (Å²) in [5, 5.41) is 0.528. The molecule has 0 amide bonds. The van der Waals surface area contributed by atoms with Crippen molar-refractivity contribution in [1.29, 1.82) is 0 Å². The van der Waals surface area contributed by atoms with E-state index in [9.17, 15) is 4.79 Å². The third-order valence-electron chi connectivity index (χ3n) is 2.05. The summed E-state index contributed by atoms with van der Waals surface area (Å²) in [5.41, 5.74) is 0.657. The van der Waals surface area contributed by atoms with E-state index < -0.39 is 0 Å². The SMILES string of the molecule is CCCSCC(=O)c1ccc(Cl)c(OC)c1. The van der Waals surface area contributed by atoms with E-state index in [2.05, 4.69) is 6.92 Å². The Hall–Kier alpha value is -0.670. The molecule has 0 bridgehead atoms. The van der Waals surface area contributed by atoms with Crippen molar-refractivity contribution in [3.05, 3.63) is 28.8 Å². The zero-order valence-corrected chi connectivity index (χ0v) is 11.0. The molecular weight excluding hydrogens is 244 g/mol. The molecule has 1 aromatic rings. The fourth-order valence-electron chi connectivity index (χ4n) is 1.23. The number of carbonyl (C=O) groups excluding carboxylic acids is 1. The van der Waals surface area contributed by atoms with Crippen LogP contribution in [0.1, 0.15) is 23.7 Å². The van der Waals surface area contributed by atoms with Crippen LogP contribution in [-0.2, 0) is 0 Å². The second kappa shape index (κ2) is 6.81. The Morgan fingerprint density at radius 3 is 2.88 bits per heavy atom. The van der Waals surface area contributed by atoms with Crippen LogP contribution in [-0.4, -0.2) is 24.4 Å². The fourth-order valence-corrected chi connectivity index (χ4v) is 2.21. The maximum absolute atomic E-state index is 11.8. The van der Waals surface area contributed by atoms with Gasteiger partial charge in [-0.05, 0) is 30.4 Å². The molecule has 0 unspecified atom stereocenters. The van der Waals surface area contributed by atoms with Gasteiger partial charge in [-0.15, -0.1) is 0 Å². The van der Waals surface area contributed by atoms with Crippen LogP contribution in [0.25, 0.3) is 0 Å². The molecule has 2 nitrogen and oxygen atoms in total. The molecule has 0 spiro atoms. The van der Waals surface area contributed by atoms with Gasteiger partial charge in [0.05, 0.1) is 17.9 Å². The summed E-state index contributed by atoms with van der Waals surface area (Å²) >= 11 is 7.54. The first-order valence-corrected chi connectivity index (χ1v) is 6.66. The van der Waals surface area contributed by atoms with Crippen LogP contribution in [0.15, 0.2) is 18.2 Å². The standard InChI is InChI=1S/C12H15ClO2S/c1-3-6-16-8-11(14)9-4-5-10(13)12(7-9)15-2/h4-5,7H,3,6,8H2,1-2H3. The number of Topliss-reactive ketones (excluding diaryl/α,β-unsaturated/α-hetero) is 1. The third kappa shape index (κ3) is 3.72. The minimum atomic E-state index is 0.119. The van der Waals surface area contributed by atoms with Gasteiger partial charge in [0.1, 0.15) is 5.75 Å². The highest BCUT2D eigenvalue weighted by atomic mass is 35.5. The highest BCUT2D eigenvalue weighted by molar-refractivity contribution is 7.99. The van der Waals surface area contributed by atoms with Crippen molar-refractivity contribution >= 4 is 29.1 Å². The second-order valence-corrected chi connectivity index (χ2v) is 4.84. The lowest BCUT2D eigenvalue weighted by atomic mass is 10.1. The third-order valence-corrected chi connectivity index (χ3v) is 3.53. The summed E-state index contributed by atoms with van der Waals surface area (Å²) in [6, 6.07) is 5.12. The number of ether oxygens (including phenoxy) is 1. The van der Waals surface area contributed by atoms with Gasteiger partial charge in [-0.2, -0.15) is 11.8 Å². The number of rotatable bonds is 6. The number of hydrogen-bond donors (Lipinski definition) is 0. The molecule has 0 saturated heterocycles. The topological polar surface area (TPSA) is 26.3 Å². The molecule has 0 aliphatic heterocycles. The maximum Gasteiger partial charge on any atom is 0.172 e.